The number of hydrogen-bond acceptors (Lipinski definition) is 2. The second kappa shape index (κ2) is 4.73. The maximum atomic E-state index is 9.96. The van der Waals surface area contributed by atoms with Crippen molar-refractivity contribution >= 4 is 11.6 Å². The number of aliphatic hydroxyl groups is 1. The summed E-state index contributed by atoms with van der Waals surface area (Å²) in [4.78, 5) is 0. The van der Waals surface area contributed by atoms with Gasteiger partial charge >= 0.3 is 0 Å². The molecule has 2 nitrogen and oxygen atoms in total. The summed E-state index contributed by atoms with van der Waals surface area (Å²) >= 11 is 6.02. The topological polar surface area (TPSA) is 33.4 Å². The number of aryl methyl sites for hydroxylation is 1. The highest BCUT2D eigenvalue weighted by Gasteiger charge is 2.13. The van der Waals surface area contributed by atoms with E-state index in [0.717, 1.165) is 11.3 Å². The van der Waals surface area contributed by atoms with Gasteiger partial charge in [-0.25, -0.2) is 0 Å². The summed E-state index contributed by atoms with van der Waals surface area (Å²) < 4.78 is 5.36. The van der Waals surface area contributed by atoms with Crippen LogP contribution in [0.5, 0.6) is 0 Å². The molecule has 2 aromatic rings. The molecular weight excluding hydrogens is 224 g/mol. The van der Waals surface area contributed by atoms with Crippen molar-refractivity contribution in [2.75, 3.05) is 0 Å². The molecule has 0 aliphatic carbocycles. The Morgan fingerprint density at radius 1 is 1.25 bits per heavy atom. The Bertz CT molecular complexity index is 476. The third-order valence-corrected chi connectivity index (χ3v) is 2.83. The van der Waals surface area contributed by atoms with E-state index in [1.54, 1.807) is 6.07 Å². The lowest BCUT2D eigenvalue weighted by Crippen LogP contribution is -2.00. The van der Waals surface area contributed by atoms with E-state index >= 15 is 0 Å². The van der Waals surface area contributed by atoms with Gasteiger partial charge in [-0.15, -0.1) is 0 Å². The largest absolute Gasteiger partial charge is 0.464 e. The smallest absolute Gasteiger partial charge is 0.132 e. The van der Waals surface area contributed by atoms with Gasteiger partial charge in [0.1, 0.15) is 17.6 Å². The zero-order valence-corrected chi connectivity index (χ0v) is 9.74. The van der Waals surface area contributed by atoms with Crippen LogP contribution in [-0.2, 0) is 6.42 Å². The molecule has 16 heavy (non-hydrogen) atoms. The van der Waals surface area contributed by atoms with E-state index in [1.165, 1.54) is 0 Å². The van der Waals surface area contributed by atoms with E-state index in [1.807, 2.05) is 37.3 Å². The number of rotatable bonds is 3. The molecule has 1 N–H and O–H groups in total. The van der Waals surface area contributed by atoms with Gasteiger partial charge in [0.05, 0.1) is 0 Å². The molecule has 0 bridgehead atoms. The van der Waals surface area contributed by atoms with Crippen molar-refractivity contribution in [3.8, 4) is 0 Å². The Balaban J connectivity index is 2.13. The highest BCUT2D eigenvalue weighted by molar-refractivity contribution is 6.31. The maximum absolute atomic E-state index is 9.96. The number of furan rings is 1. The molecule has 0 spiro atoms. The van der Waals surface area contributed by atoms with Crippen molar-refractivity contribution in [2.45, 2.75) is 19.4 Å². The third-order valence-electron chi connectivity index (χ3n) is 2.46. The van der Waals surface area contributed by atoms with E-state index < -0.39 is 6.10 Å². The molecule has 0 saturated heterocycles. The van der Waals surface area contributed by atoms with Gasteiger partial charge in [0.2, 0.25) is 0 Å². The van der Waals surface area contributed by atoms with Crippen molar-refractivity contribution < 1.29 is 9.52 Å². The van der Waals surface area contributed by atoms with Gasteiger partial charge in [-0.05, 0) is 30.7 Å². The molecular formula is C13H13ClO2. The number of benzene rings is 1. The Hall–Kier alpha value is -1.25. The molecule has 0 aliphatic heterocycles. The summed E-state index contributed by atoms with van der Waals surface area (Å²) in [6, 6.07) is 11.1. The van der Waals surface area contributed by atoms with Gasteiger partial charge in [0, 0.05) is 11.4 Å². The van der Waals surface area contributed by atoms with Gasteiger partial charge in [0.15, 0.2) is 0 Å². The molecule has 0 saturated carbocycles. The number of aliphatic hydroxyl groups excluding tert-OH is 1. The summed E-state index contributed by atoms with van der Waals surface area (Å²) in [7, 11) is 0. The molecule has 0 amide bonds. The van der Waals surface area contributed by atoms with Gasteiger partial charge in [-0.1, -0.05) is 29.8 Å². The van der Waals surface area contributed by atoms with Gasteiger partial charge in [-0.3, -0.25) is 0 Å². The predicted octanol–water partition coefficient (Wildman–Crippen LogP) is 3.52. The molecule has 0 aliphatic rings. The summed E-state index contributed by atoms with van der Waals surface area (Å²) in [5.74, 6) is 1.38. The minimum absolute atomic E-state index is 0.465. The second-order valence-corrected chi connectivity index (χ2v) is 4.17. The molecule has 1 aromatic heterocycles. The monoisotopic (exact) mass is 236 g/mol. The minimum atomic E-state index is -0.645. The van der Waals surface area contributed by atoms with E-state index in [4.69, 9.17) is 16.0 Å². The van der Waals surface area contributed by atoms with Crippen molar-refractivity contribution in [1.82, 2.24) is 0 Å². The van der Waals surface area contributed by atoms with Crippen molar-refractivity contribution in [2.24, 2.45) is 0 Å². The number of hydrogen-bond donors (Lipinski definition) is 1. The fourth-order valence-corrected chi connectivity index (χ4v) is 1.82. The zero-order chi connectivity index (χ0) is 11.5. The van der Waals surface area contributed by atoms with Gasteiger partial charge in [0.25, 0.3) is 0 Å². The van der Waals surface area contributed by atoms with Crippen LogP contribution >= 0.6 is 11.6 Å². The molecule has 1 unspecified atom stereocenters. The Labute approximate surface area is 99.5 Å². The SMILES string of the molecule is Cc1ccc(C(O)Cc2ccccc2Cl)o1. The summed E-state index contributed by atoms with van der Waals surface area (Å²) in [6.07, 6.45) is -0.180. The quantitative estimate of drug-likeness (QED) is 0.885. The molecule has 3 heteroatoms. The average molecular weight is 237 g/mol. The van der Waals surface area contributed by atoms with E-state index in [2.05, 4.69) is 0 Å². The first-order valence-corrected chi connectivity index (χ1v) is 5.52. The highest BCUT2D eigenvalue weighted by atomic mass is 35.5. The molecule has 0 radical (unpaired) electrons. The lowest BCUT2D eigenvalue weighted by Gasteiger charge is -2.09. The van der Waals surface area contributed by atoms with Crippen LogP contribution in [0.4, 0.5) is 0 Å². The van der Waals surface area contributed by atoms with Crippen LogP contribution in [-0.4, -0.2) is 5.11 Å². The third kappa shape index (κ3) is 2.46. The Kier molecular flexibility index (Phi) is 3.32. The molecule has 1 aromatic carbocycles. The zero-order valence-electron chi connectivity index (χ0n) is 8.98. The molecule has 1 heterocycles. The minimum Gasteiger partial charge on any atom is -0.464 e. The Morgan fingerprint density at radius 2 is 2.00 bits per heavy atom. The van der Waals surface area contributed by atoms with Crippen molar-refractivity contribution in [3.05, 3.63) is 58.5 Å². The Morgan fingerprint density at radius 3 is 2.62 bits per heavy atom. The summed E-state index contributed by atoms with van der Waals surface area (Å²) in [5, 5.41) is 10.6. The van der Waals surface area contributed by atoms with Gasteiger partial charge < -0.3 is 9.52 Å². The van der Waals surface area contributed by atoms with Crippen LogP contribution in [0.1, 0.15) is 23.2 Å². The fraction of sp³-hybridized carbons (Fsp3) is 0.231. The van der Waals surface area contributed by atoms with Crippen molar-refractivity contribution in [3.63, 3.8) is 0 Å². The first kappa shape index (κ1) is 11.2. The molecule has 2 rings (SSSR count). The second-order valence-electron chi connectivity index (χ2n) is 3.76. The van der Waals surface area contributed by atoms with E-state index in [-0.39, 0.29) is 0 Å². The summed E-state index contributed by atoms with van der Waals surface area (Å²) in [6.45, 7) is 1.85. The first-order chi connectivity index (χ1) is 7.66. The van der Waals surface area contributed by atoms with Crippen LogP contribution in [0, 0.1) is 6.92 Å². The standard InChI is InChI=1S/C13H13ClO2/c1-9-6-7-13(16-9)12(15)8-10-4-2-3-5-11(10)14/h2-7,12,15H,8H2,1H3. The molecule has 0 fully saturated rings. The summed E-state index contributed by atoms with van der Waals surface area (Å²) in [5.41, 5.74) is 0.922. The van der Waals surface area contributed by atoms with E-state index in [9.17, 15) is 5.11 Å². The van der Waals surface area contributed by atoms with Crippen molar-refractivity contribution in [1.29, 1.82) is 0 Å². The normalized spacial score (nSPS) is 12.7. The lowest BCUT2D eigenvalue weighted by atomic mass is 10.1. The first-order valence-electron chi connectivity index (χ1n) is 5.14. The van der Waals surface area contributed by atoms with Crippen LogP contribution in [0.3, 0.4) is 0 Å². The van der Waals surface area contributed by atoms with E-state index in [0.29, 0.717) is 17.2 Å². The fourth-order valence-electron chi connectivity index (χ4n) is 1.61. The van der Waals surface area contributed by atoms with Crippen LogP contribution < -0.4 is 0 Å². The average Bonchev–Trinajstić information content (AvgIpc) is 2.68. The maximum Gasteiger partial charge on any atom is 0.132 e. The molecule has 1 atom stereocenters. The van der Waals surface area contributed by atoms with Crippen LogP contribution in [0.2, 0.25) is 5.02 Å². The van der Waals surface area contributed by atoms with Crippen LogP contribution in [0.15, 0.2) is 40.8 Å². The molecule has 84 valence electrons. The number of halogens is 1. The lowest BCUT2D eigenvalue weighted by molar-refractivity contribution is 0.149. The van der Waals surface area contributed by atoms with Gasteiger partial charge in [-0.2, -0.15) is 0 Å². The highest BCUT2D eigenvalue weighted by Crippen LogP contribution is 2.24. The van der Waals surface area contributed by atoms with Crippen LogP contribution in [0.25, 0.3) is 0 Å². The predicted molar refractivity (Wildman–Crippen MR) is 63.6 cm³/mol.